The van der Waals surface area contributed by atoms with E-state index < -0.39 is 10.0 Å². The van der Waals surface area contributed by atoms with Gasteiger partial charge in [-0.05, 0) is 28.3 Å². The second-order valence-corrected chi connectivity index (χ2v) is 6.97. The Morgan fingerprint density at radius 1 is 0.760 bits per heavy atom. The molecule has 0 saturated heterocycles. The van der Waals surface area contributed by atoms with E-state index in [9.17, 15) is 8.42 Å². The third kappa shape index (κ3) is 3.28. The predicted octanol–water partition coefficient (Wildman–Crippen LogP) is 4.78. The molecule has 1 heterocycles. The van der Waals surface area contributed by atoms with Crippen molar-refractivity contribution in [1.29, 1.82) is 0 Å². The maximum Gasteiger partial charge on any atom is 0.123 e. The molecule has 25 heavy (non-hydrogen) atoms. The van der Waals surface area contributed by atoms with Crippen LogP contribution in [-0.2, 0) is 29.5 Å². The number of rotatable bonds is 3. The van der Waals surface area contributed by atoms with E-state index in [-0.39, 0.29) is 24.4 Å². The fourth-order valence-corrected chi connectivity index (χ4v) is 3.98. The first-order valence-corrected chi connectivity index (χ1v) is 8.89. The van der Waals surface area contributed by atoms with Gasteiger partial charge in [0.05, 0.1) is 10.4 Å². The molecule has 0 saturated carbocycles. The molecular weight excluding hydrogens is 386 g/mol. The normalized spacial score (nSPS) is 11.2. The van der Waals surface area contributed by atoms with Crippen LogP contribution in [0, 0.1) is 0 Å². The number of hydrogen-bond donors (Lipinski definition) is 0. The molecule has 3 aromatic carbocycles. The largest absolute Gasteiger partial charge is 0.571 e. The first-order valence-electron chi connectivity index (χ1n) is 7.45. The Balaban J connectivity index is 0.00000182. The molecule has 0 N–H and O–H groups in total. The Morgan fingerprint density at radius 3 is 2.32 bits per heavy atom. The van der Waals surface area contributed by atoms with Crippen LogP contribution in [-0.4, -0.2) is 13.4 Å². The van der Waals surface area contributed by atoms with E-state index in [1.165, 1.54) is 0 Å². The van der Waals surface area contributed by atoms with E-state index in [1.54, 1.807) is 36.5 Å². The molecule has 1 aromatic heterocycles. The van der Waals surface area contributed by atoms with Gasteiger partial charge in [0.25, 0.3) is 0 Å². The minimum atomic E-state index is -3.85. The first kappa shape index (κ1) is 17.5. The minimum absolute atomic E-state index is 0. The van der Waals surface area contributed by atoms with Gasteiger partial charge in [-0.25, -0.2) is 8.42 Å². The van der Waals surface area contributed by atoms with E-state index in [0.717, 1.165) is 10.8 Å². The number of hydrogen-bond acceptors (Lipinski definition) is 3. The van der Waals surface area contributed by atoms with Crippen molar-refractivity contribution < 1.29 is 27.9 Å². The Hall–Kier alpha value is -2.30. The number of aromatic nitrogens is 1. The summed E-state index contributed by atoms with van der Waals surface area (Å²) < 4.78 is 29.8. The second-order valence-electron chi connectivity index (χ2n) is 5.40. The van der Waals surface area contributed by atoms with Crippen LogP contribution in [0.2, 0.25) is 0 Å². The van der Waals surface area contributed by atoms with Gasteiger partial charge < -0.3 is 4.72 Å². The molecular formula is C19H13N2O2SZn-. The Labute approximate surface area is 158 Å². The van der Waals surface area contributed by atoms with Gasteiger partial charge in [0.1, 0.15) is 10.0 Å². The average molecular weight is 399 g/mol. The number of sulfonamides is 1. The number of fused-ring (bicyclic) bond motifs is 2. The molecule has 0 atom stereocenters. The van der Waals surface area contributed by atoms with Crippen molar-refractivity contribution in [3.05, 3.63) is 83.7 Å². The fourth-order valence-electron chi connectivity index (χ4n) is 2.76. The molecule has 4 aromatic rings. The molecule has 0 spiro atoms. The molecule has 0 unspecified atom stereocenters. The molecule has 120 valence electrons. The SMILES string of the molecule is O=S(=O)([N-]c1cccc2cccnc12)c1cccc2ccccc12.[Zn]. The van der Waals surface area contributed by atoms with Crippen LogP contribution in [0.5, 0.6) is 0 Å². The maximum absolute atomic E-state index is 12.9. The standard InChI is InChI=1S/C19H13N2O2S.Zn/c22-24(23,18-12-4-7-14-6-1-2-10-16(14)18)21-17-11-3-8-15-9-5-13-20-19(15)17;/h1-13H;/q-1;. The van der Waals surface area contributed by atoms with Crippen LogP contribution in [0.3, 0.4) is 0 Å². The quantitative estimate of drug-likeness (QED) is 0.466. The average Bonchev–Trinajstić information content (AvgIpc) is 2.61. The third-order valence-electron chi connectivity index (χ3n) is 3.86. The summed E-state index contributed by atoms with van der Waals surface area (Å²) in [6.45, 7) is 0. The molecule has 0 bridgehead atoms. The van der Waals surface area contributed by atoms with Crippen LogP contribution >= 0.6 is 0 Å². The zero-order valence-corrected chi connectivity index (χ0v) is 17.1. The summed E-state index contributed by atoms with van der Waals surface area (Å²) in [5, 5.41) is 2.38. The van der Waals surface area contributed by atoms with Gasteiger partial charge >= 0.3 is 0 Å². The van der Waals surface area contributed by atoms with E-state index in [2.05, 4.69) is 9.71 Å². The zero-order chi connectivity index (χ0) is 16.6. The first-order chi connectivity index (χ1) is 11.6. The van der Waals surface area contributed by atoms with E-state index in [0.29, 0.717) is 16.6 Å². The van der Waals surface area contributed by atoms with E-state index in [4.69, 9.17) is 0 Å². The van der Waals surface area contributed by atoms with E-state index >= 15 is 0 Å². The van der Waals surface area contributed by atoms with Crippen molar-refractivity contribution >= 4 is 37.4 Å². The predicted molar refractivity (Wildman–Crippen MR) is 95.9 cm³/mol. The minimum Gasteiger partial charge on any atom is -0.571 e. The zero-order valence-electron chi connectivity index (χ0n) is 13.3. The van der Waals surface area contributed by atoms with Crippen LogP contribution < -0.4 is 0 Å². The van der Waals surface area contributed by atoms with Crippen LogP contribution in [0.15, 0.2) is 83.9 Å². The topological polar surface area (TPSA) is 61.1 Å². The summed E-state index contributed by atoms with van der Waals surface area (Å²) in [4.78, 5) is 4.47. The number of pyridine rings is 1. The van der Waals surface area contributed by atoms with Crippen molar-refractivity contribution in [2.24, 2.45) is 0 Å². The molecule has 0 aliphatic carbocycles. The maximum atomic E-state index is 12.9. The van der Waals surface area contributed by atoms with Crippen LogP contribution in [0.4, 0.5) is 5.69 Å². The Kier molecular flexibility index (Phi) is 4.84. The summed E-state index contributed by atoms with van der Waals surface area (Å²) in [6, 6.07) is 21.6. The van der Waals surface area contributed by atoms with Gasteiger partial charge in [0, 0.05) is 25.7 Å². The number of benzene rings is 3. The molecule has 4 nitrogen and oxygen atoms in total. The summed E-state index contributed by atoms with van der Waals surface area (Å²) in [5.74, 6) is 0. The van der Waals surface area contributed by atoms with Gasteiger partial charge in [-0.1, -0.05) is 60.7 Å². The van der Waals surface area contributed by atoms with Crippen molar-refractivity contribution in [2.45, 2.75) is 4.90 Å². The smallest absolute Gasteiger partial charge is 0.123 e. The van der Waals surface area contributed by atoms with Crippen molar-refractivity contribution in [1.82, 2.24) is 4.98 Å². The van der Waals surface area contributed by atoms with Gasteiger partial charge in [-0.15, -0.1) is 5.69 Å². The van der Waals surface area contributed by atoms with Crippen molar-refractivity contribution in [3.63, 3.8) is 0 Å². The molecule has 0 radical (unpaired) electrons. The molecule has 6 heteroatoms. The number of para-hydroxylation sites is 1. The van der Waals surface area contributed by atoms with Gasteiger partial charge in [0.2, 0.25) is 0 Å². The van der Waals surface area contributed by atoms with Crippen LogP contribution in [0.25, 0.3) is 26.4 Å². The van der Waals surface area contributed by atoms with Crippen molar-refractivity contribution in [3.8, 4) is 0 Å². The van der Waals surface area contributed by atoms with Crippen LogP contribution in [0.1, 0.15) is 0 Å². The fraction of sp³-hybridized carbons (Fsp3) is 0. The van der Waals surface area contributed by atoms with E-state index in [1.807, 2.05) is 42.5 Å². The van der Waals surface area contributed by atoms with Gasteiger partial charge in [-0.3, -0.25) is 4.98 Å². The summed E-state index contributed by atoms with van der Waals surface area (Å²) >= 11 is 0. The molecule has 0 amide bonds. The second kappa shape index (κ2) is 6.91. The number of nitrogens with zero attached hydrogens (tertiary/aromatic N) is 2. The Bertz CT molecular complexity index is 1150. The third-order valence-corrected chi connectivity index (χ3v) is 5.21. The summed E-state index contributed by atoms with van der Waals surface area (Å²) in [6.07, 6.45) is 1.63. The molecule has 0 aliphatic rings. The van der Waals surface area contributed by atoms with Crippen molar-refractivity contribution in [2.75, 3.05) is 0 Å². The monoisotopic (exact) mass is 397 g/mol. The van der Waals surface area contributed by atoms with Gasteiger partial charge in [-0.2, -0.15) is 0 Å². The summed E-state index contributed by atoms with van der Waals surface area (Å²) in [5.41, 5.74) is 0.921. The molecule has 0 fully saturated rings. The Morgan fingerprint density at radius 2 is 1.44 bits per heavy atom. The van der Waals surface area contributed by atoms with Gasteiger partial charge in [0.15, 0.2) is 0 Å². The summed E-state index contributed by atoms with van der Waals surface area (Å²) in [7, 11) is -3.85. The molecule has 0 aliphatic heterocycles. The molecule has 4 rings (SSSR count).